The molecule has 0 aliphatic heterocycles. The third kappa shape index (κ3) is 2.84. The molecule has 0 radical (unpaired) electrons. The second-order valence-electron chi connectivity index (χ2n) is 3.29. The summed E-state index contributed by atoms with van der Waals surface area (Å²) in [5, 5.41) is 3.58. The van der Waals surface area contributed by atoms with Crippen molar-refractivity contribution in [3.05, 3.63) is 16.5 Å². The number of nitrogens with one attached hydrogen (secondary N) is 1. The number of rotatable bonds is 3. The third-order valence-electron chi connectivity index (χ3n) is 2.05. The van der Waals surface area contributed by atoms with Crippen molar-refractivity contribution in [3.8, 4) is 12.3 Å². The van der Waals surface area contributed by atoms with E-state index in [9.17, 15) is 0 Å². The van der Waals surface area contributed by atoms with E-state index in [-0.39, 0.29) is 6.04 Å². The molecule has 0 fully saturated rings. The molecule has 0 aliphatic rings. The molecule has 1 N–H and O–H groups in total. The Hall–Kier alpha value is -1.27. The van der Waals surface area contributed by atoms with Crippen molar-refractivity contribution in [3.63, 3.8) is 0 Å². The van der Waals surface area contributed by atoms with Gasteiger partial charge in [0.2, 0.25) is 0 Å². The molecule has 15 heavy (non-hydrogen) atoms. The van der Waals surface area contributed by atoms with Crippen molar-refractivity contribution in [1.82, 2.24) is 9.97 Å². The van der Waals surface area contributed by atoms with E-state index in [1.807, 2.05) is 20.8 Å². The van der Waals surface area contributed by atoms with Gasteiger partial charge in [-0.15, -0.1) is 6.42 Å². The topological polar surface area (TPSA) is 37.8 Å². The highest BCUT2D eigenvalue weighted by molar-refractivity contribution is 6.30. The number of anilines is 1. The molecule has 0 saturated heterocycles. The van der Waals surface area contributed by atoms with Gasteiger partial charge in [0, 0.05) is 12.0 Å². The van der Waals surface area contributed by atoms with Gasteiger partial charge in [0.15, 0.2) is 0 Å². The van der Waals surface area contributed by atoms with Crippen molar-refractivity contribution in [2.24, 2.45) is 0 Å². The molecule has 1 rings (SSSR count). The van der Waals surface area contributed by atoms with Crippen molar-refractivity contribution < 1.29 is 0 Å². The molecule has 0 aliphatic carbocycles. The number of halogens is 1. The van der Waals surface area contributed by atoms with Gasteiger partial charge in [-0.3, -0.25) is 0 Å². The first-order valence-corrected chi connectivity index (χ1v) is 5.22. The molecule has 0 saturated carbocycles. The van der Waals surface area contributed by atoms with Crippen molar-refractivity contribution in [1.29, 1.82) is 0 Å². The monoisotopic (exact) mass is 223 g/mol. The van der Waals surface area contributed by atoms with Crippen LogP contribution in [0.3, 0.4) is 0 Å². The summed E-state index contributed by atoms with van der Waals surface area (Å²) in [4.78, 5) is 8.48. The summed E-state index contributed by atoms with van der Waals surface area (Å²) < 4.78 is 0. The van der Waals surface area contributed by atoms with Gasteiger partial charge in [-0.2, -0.15) is 0 Å². The lowest BCUT2D eigenvalue weighted by molar-refractivity contribution is 0.911. The van der Waals surface area contributed by atoms with Gasteiger partial charge in [0.05, 0.1) is 6.04 Å². The van der Waals surface area contributed by atoms with Crippen LogP contribution in [0.5, 0.6) is 0 Å². The Morgan fingerprint density at radius 3 is 2.73 bits per heavy atom. The van der Waals surface area contributed by atoms with Crippen molar-refractivity contribution in [2.45, 2.75) is 33.2 Å². The highest BCUT2D eigenvalue weighted by Crippen LogP contribution is 2.20. The second-order valence-corrected chi connectivity index (χ2v) is 3.65. The molecule has 0 amide bonds. The number of aromatic nitrogens is 2. The summed E-state index contributed by atoms with van der Waals surface area (Å²) in [7, 11) is 0. The van der Waals surface area contributed by atoms with Crippen LogP contribution in [0.2, 0.25) is 5.15 Å². The number of nitrogens with zero attached hydrogens (tertiary/aromatic N) is 2. The van der Waals surface area contributed by atoms with Gasteiger partial charge < -0.3 is 5.32 Å². The smallest absolute Gasteiger partial charge is 0.137 e. The average molecular weight is 224 g/mol. The van der Waals surface area contributed by atoms with E-state index in [2.05, 4.69) is 21.2 Å². The Bertz CT molecular complexity index is 396. The van der Waals surface area contributed by atoms with Crippen molar-refractivity contribution >= 4 is 17.4 Å². The van der Waals surface area contributed by atoms with E-state index in [1.165, 1.54) is 0 Å². The summed E-state index contributed by atoms with van der Waals surface area (Å²) in [6.07, 6.45) is 6.04. The van der Waals surface area contributed by atoms with E-state index in [1.54, 1.807) is 0 Å². The fourth-order valence-electron chi connectivity index (χ4n) is 1.08. The van der Waals surface area contributed by atoms with Gasteiger partial charge in [-0.05, 0) is 13.8 Å². The molecule has 1 unspecified atom stereocenters. The molecule has 1 aromatic rings. The minimum Gasteiger partial charge on any atom is -0.356 e. The van der Waals surface area contributed by atoms with E-state index in [4.69, 9.17) is 18.0 Å². The van der Waals surface area contributed by atoms with Crippen LogP contribution in [-0.4, -0.2) is 16.0 Å². The first kappa shape index (κ1) is 11.8. The number of terminal acetylenes is 1. The maximum atomic E-state index is 5.98. The highest BCUT2D eigenvalue weighted by atomic mass is 35.5. The molecule has 4 heteroatoms. The van der Waals surface area contributed by atoms with Crippen LogP contribution in [0.1, 0.15) is 25.2 Å². The first-order valence-electron chi connectivity index (χ1n) is 4.84. The Kier molecular flexibility index (Phi) is 3.93. The minimum absolute atomic E-state index is 0.0700. The van der Waals surface area contributed by atoms with E-state index in [0.717, 1.165) is 23.6 Å². The zero-order valence-corrected chi connectivity index (χ0v) is 9.89. The summed E-state index contributed by atoms with van der Waals surface area (Å²) >= 11 is 5.98. The third-order valence-corrected chi connectivity index (χ3v) is 2.42. The van der Waals surface area contributed by atoms with Crippen LogP contribution >= 0.6 is 11.6 Å². The molecule has 1 aromatic heterocycles. The van der Waals surface area contributed by atoms with Crippen LogP contribution in [0, 0.1) is 19.3 Å². The predicted octanol–water partition coefficient (Wildman–Crippen LogP) is 2.43. The Balaban J connectivity index is 3.06. The summed E-state index contributed by atoms with van der Waals surface area (Å²) in [6.45, 7) is 5.74. The van der Waals surface area contributed by atoms with E-state index in [0.29, 0.717) is 5.15 Å². The summed E-state index contributed by atoms with van der Waals surface area (Å²) in [5.74, 6) is 4.02. The van der Waals surface area contributed by atoms with Crippen LogP contribution in [0.15, 0.2) is 0 Å². The summed E-state index contributed by atoms with van der Waals surface area (Å²) in [5.41, 5.74) is 0.830. The van der Waals surface area contributed by atoms with Gasteiger partial charge in [-0.25, -0.2) is 9.97 Å². The SMILES string of the molecule is C#CC(C)Nc1nc(CC)nc(Cl)c1C. The largest absolute Gasteiger partial charge is 0.356 e. The lowest BCUT2D eigenvalue weighted by atomic mass is 10.3. The molecular formula is C11H14ClN3. The van der Waals surface area contributed by atoms with Crippen LogP contribution in [-0.2, 0) is 6.42 Å². The van der Waals surface area contributed by atoms with Crippen LogP contribution in [0.4, 0.5) is 5.82 Å². The van der Waals surface area contributed by atoms with Gasteiger partial charge in [-0.1, -0.05) is 24.4 Å². The molecule has 3 nitrogen and oxygen atoms in total. The fourth-order valence-corrected chi connectivity index (χ4v) is 1.27. The Labute approximate surface area is 95.3 Å². The second kappa shape index (κ2) is 4.99. The van der Waals surface area contributed by atoms with Gasteiger partial charge in [0.25, 0.3) is 0 Å². The van der Waals surface area contributed by atoms with Crippen molar-refractivity contribution in [2.75, 3.05) is 5.32 Å². The zero-order valence-electron chi connectivity index (χ0n) is 9.13. The van der Waals surface area contributed by atoms with Crippen LogP contribution < -0.4 is 5.32 Å². The lowest BCUT2D eigenvalue weighted by Crippen LogP contribution is -2.15. The summed E-state index contributed by atoms with van der Waals surface area (Å²) in [6, 6.07) is -0.0700. The molecule has 1 atom stereocenters. The minimum atomic E-state index is -0.0700. The van der Waals surface area contributed by atoms with E-state index < -0.39 is 0 Å². The molecule has 0 aromatic carbocycles. The first-order chi connectivity index (χ1) is 7.08. The lowest BCUT2D eigenvalue weighted by Gasteiger charge is -2.12. The molecule has 80 valence electrons. The number of hydrogen-bond donors (Lipinski definition) is 1. The van der Waals surface area contributed by atoms with E-state index >= 15 is 0 Å². The molecule has 0 bridgehead atoms. The standard InChI is InChI=1S/C11H14ClN3/c1-5-7(3)13-11-8(4)10(12)14-9(6-2)15-11/h1,7H,6H2,2-4H3,(H,13,14,15). The molecule has 0 spiro atoms. The number of hydrogen-bond acceptors (Lipinski definition) is 3. The van der Waals surface area contributed by atoms with Crippen LogP contribution in [0.25, 0.3) is 0 Å². The fraction of sp³-hybridized carbons (Fsp3) is 0.455. The highest BCUT2D eigenvalue weighted by Gasteiger charge is 2.09. The normalized spacial score (nSPS) is 11.9. The molecule has 1 heterocycles. The maximum absolute atomic E-state index is 5.98. The zero-order chi connectivity index (χ0) is 11.4. The number of aryl methyl sites for hydroxylation is 1. The van der Waals surface area contributed by atoms with Gasteiger partial charge in [0.1, 0.15) is 16.8 Å². The maximum Gasteiger partial charge on any atom is 0.137 e. The Morgan fingerprint density at radius 1 is 1.53 bits per heavy atom. The Morgan fingerprint density at radius 2 is 2.20 bits per heavy atom. The predicted molar refractivity (Wildman–Crippen MR) is 63.1 cm³/mol. The molecular weight excluding hydrogens is 210 g/mol. The quantitative estimate of drug-likeness (QED) is 0.632. The average Bonchev–Trinajstić information content (AvgIpc) is 2.24. The van der Waals surface area contributed by atoms with Gasteiger partial charge >= 0.3 is 0 Å².